The summed E-state index contributed by atoms with van der Waals surface area (Å²) in [7, 11) is 0. The van der Waals surface area contributed by atoms with Crippen molar-refractivity contribution in [3.63, 3.8) is 0 Å². The largest absolute Gasteiger partial charge is 0.490 e. The van der Waals surface area contributed by atoms with Crippen molar-refractivity contribution in [2.45, 2.75) is 58.1 Å². The first-order chi connectivity index (χ1) is 18.5. The number of ether oxygens (including phenoxy) is 1. The Bertz CT molecular complexity index is 1100. The third-order valence-corrected chi connectivity index (χ3v) is 8.25. The van der Waals surface area contributed by atoms with Crippen LogP contribution in [0.4, 0.5) is 4.39 Å². The van der Waals surface area contributed by atoms with Gasteiger partial charge in [0.15, 0.2) is 0 Å². The maximum atomic E-state index is 13.2. The Morgan fingerprint density at radius 2 is 1.59 bits per heavy atom. The van der Waals surface area contributed by atoms with Gasteiger partial charge in [0.05, 0.1) is 10.0 Å². The summed E-state index contributed by atoms with van der Waals surface area (Å²) in [6, 6.07) is 9.23. The van der Waals surface area contributed by atoms with Crippen molar-refractivity contribution < 1.29 is 28.9 Å². The normalized spacial score (nSPS) is 18.2. The molecule has 2 aromatic carbocycles. The lowest BCUT2D eigenvalue weighted by atomic mass is 9.93. The van der Waals surface area contributed by atoms with E-state index in [0.29, 0.717) is 22.4 Å². The van der Waals surface area contributed by atoms with Gasteiger partial charge in [-0.1, -0.05) is 35.3 Å². The Kier molecular flexibility index (Phi) is 11.9. The molecule has 0 unspecified atom stereocenters. The highest BCUT2D eigenvalue weighted by Crippen LogP contribution is 2.33. The lowest BCUT2D eigenvalue weighted by Crippen LogP contribution is -2.48. The molecule has 7 nitrogen and oxygen atoms in total. The van der Waals surface area contributed by atoms with Gasteiger partial charge >= 0.3 is 5.97 Å². The van der Waals surface area contributed by atoms with Gasteiger partial charge in [0.2, 0.25) is 0 Å². The quantitative estimate of drug-likeness (QED) is 0.407. The minimum Gasteiger partial charge on any atom is -0.490 e. The Morgan fingerprint density at radius 3 is 2.15 bits per heavy atom. The molecule has 0 amide bonds. The number of likely N-dealkylation sites (tertiary alicyclic amines) is 2. The first-order valence-corrected chi connectivity index (χ1v) is 14.0. The highest BCUT2D eigenvalue weighted by Gasteiger charge is 2.31. The van der Waals surface area contributed by atoms with Crippen LogP contribution in [0.3, 0.4) is 0 Å². The molecule has 0 aromatic heterocycles. The van der Waals surface area contributed by atoms with Gasteiger partial charge in [0.1, 0.15) is 23.7 Å². The van der Waals surface area contributed by atoms with E-state index in [2.05, 4.69) is 9.80 Å². The van der Waals surface area contributed by atoms with E-state index in [4.69, 9.17) is 37.8 Å². The van der Waals surface area contributed by atoms with Crippen LogP contribution in [0.5, 0.6) is 5.75 Å². The fourth-order valence-electron chi connectivity index (χ4n) is 5.18. The third kappa shape index (κ3) is 9.64. The van der Waals surface area contributed by atoms with Gasteiger partial charge < -0.3 is 19.8 Å². The molecule has 0 radical (unpaired) electrons. The van der Waals surface area contributed by atoms with Gasteiger partial charge in [-0.15, -0.1) is 0 Å². The molecule has 0 aliphatic carbocycles. The zero-order valence-corrected chi connectivity index (χ0v) is 23.9. The fourth-order valence-corrected chi connectivity index (χ4v) is 5.54. The highest BCUT2D eigenvalue weighted by molar-refractivity contribution is 6.42. The van der Waals surface area contributed by atoms with Crippen molar-refractivity contribution >= 4 is 35.1 Å². The standard InChI is InChI=1S/C27H33Cl2FN2O3.C2H4O2/c1-18-25(7-6-23(28)26(18)29)35-22-10-12-31(13-11-22)17-20-8-14-32(15-9-20)24(27(33)34)16-19-2-4-21(30)5-3-19;1-2(3)4/h2-7,20,22,24H,8-17H2,1H3,(H,33,34);1H3,(H,3,4)/t24-;/m0./s1. The van der Waals surface area contributed by atoms with Gasteiger partial charge in [-0.3, -0.25) is 14.5 Å². The summed E-state index contributed by atoms with van der Waals surface area (Å²) < 4.78 is 19.4. The lowest BCUT2D eigenvalue weighted by molar-refractivity contribution is -0.144. The van der Waals surface area contributed by atoms with Crippen molar-refractivity contribution in [2.24, 2.45) is 5.92 Å². The minimum atomic E-state index is -0.833. The average Bonchev–Trinajstić information content (AvgIpc) is 2.90. The Morgan fingerprint density at radius 1 is 1.00 bits per heavy atom. The molecule has 2 aliphatic heterocycles. The first kappa shape index (κ1) is 31.1. The van der Waals surface area contributed by atoms with Crippen molar-refractivity contribution in [1.29, 1.82) is 0 Å². The van der Waals surface area contributed by atoms with Crippen molar-refractivity contribution in [1.82, 2.24) is 9.80 Å². The van der Waals surface area contributed by atoms with Crippen LogP contribution >= 0.6 is 23.2 Å². The van der Waals surface area contributed by atoms with Crippen LogP contribution in [-0.4, -0.2) is 76.8 Å². The number of carboxylic acids is 2. The molecule has 0 spiro atoms. The van der Waals surface area contributed by atoms with Gasteiger partial charge in [0.25, 0.3) is 5.97 Å². The van der Waals surface area contributed by atoms with Crippen LogP contribution in [-0.2, 0) is 16.0 Å². The molecule has 214 valence electrons. The Hall–Kier alpha value is -2.39. The number of halogens is 3. The molecule has 0 bridgehead atoms. The molecule has 39 heavy (non-hydrogen) atoms. The molecule has 2 saturated heterocycles. The van der Waals surface area contributed by atoms with E-state index < -0.39 is 18.0 Å². The number of aliphatic carboxylic acids is 2. The summed E-state index contributed by atoms with van der Waals surface area (Å²) in [5.74, 6) is -0.575. The Balaban J connectivity index is 0.000000983. The van der Waals surface area contributed by atoms with Crippen molar-refractivity contribution in [3.8, 4) is 5.75 Å². The first-order valence-electron chi connectivity index (χ1n) is 13.3. The smallest absolute Gasteiger partial charge is 0.321 e. The van der Waals surface area contributed by atoms with E-state index in [0.717, 1.165) is 82.2 Å². The van der Waals surface area contributed by atoms with E-state index in [1.807, 2.05) is 13.0 Å². The Labute approximate surface area is 239 Å². The average molecular weight is 584 g/mol. The topological polar surface area (TPSA) is 90.3 Å². The number of hydrogen-bond acceptors (Lipinski definition) is 5. The molecular weight excluding hydrogens is 546 g/mol. The van der Waals surface area contributed by atoms with Crippen molar-refractivity contribution in [3.05, 3.63) is 63.4 Å². The summed E-state index contributed by atoms with van der Waals surface area (Å²) in [4.78, 5) is 25.5. The maximum absolute atomic E-state index is 13.2. The molecular formula is C29H37Cl2FN2O5. The third-order valence-electron chi connectivity index (χ3n) is 7.35. The van der Waals surface area contributed by atoms with Crippen LogP contribution < -0.4 is 4.74 Å². The summed E-state index contributed by atoms with van der Waals surface area (Å²) in [5.41, 5.74) is 1.73. The second-order valence-electron chi connectivity index (χ2n) is 10.3. The summed E-state index contributed by atoms with van der Waals surface area (Å²) in [6.45, 7) is 7.60. The van der Waals surface area contributed by atoms with Gasteiger partial charge in [-0.2, -0.15) is 0 Å². The van der Waals surface area contributed by atoms with Gasteiger partial charge in [0, 0.05) is 32.1 Å². The van der Waals surface area contributed by atoms with E-state index in [1.54, 1.807) is 18.2 Å². The molecule has 2 heterocycles. The number of nitrogens with zero attached hydrogens (tertiary/aromatic N) is 2. The van der Waals surface area contributed by atoms with E-state index in [-0.39, 0.29) is 11.9 Å². The highest BCUT2D eigenvalue weighted by atomic mass is 35.5. The van der Waals surface area contributed by atoms with E-state index in [9.17, 15) is 14.3 Å². The van der Waals surface area contributed by atoms with Gasteiger partial charge in [-0.25, -0.2) is 4.39 Å². The number of hydrogen-bond donors (Lipinski definition) is 2. The molecule has 2 aliphatic rings. The number of benzene rings is 2. The molecule has 1 atom stereocenters. The van der Waals surface area contributed by atoms with E-state index in [1.165, 1.54) is 12.1 Å². The van der Waals surface area contributed by atoms with Crippen LogP contribution in [0, 0.1) is 18.7 Å². The molecule has 2 fully saturated rings. The maximum Gasteiger partial charge on any atom is 0.321 e. The SMILES string of the molecule is CC(=O)O.Cc1c(OC2CCN(CC3CCN([C@@H](Cc4ccc(F)cc4)C(=O)O)CC3)CC2)ccc(Cl)c1Cl. The number of piperidine rings is 2. The summed E-state index contributed by atoms with van der Waals surface area (Å²) >= 11 is 12.3. The van der Waals surface area contributed by atoms with Crippen LogP contribution in [0.1, 0.15) is 43.7 Å². The zero-order valence-electron chi connectivity index (χ0n) is 22.4. The van der Waals surface area contributed by atoms with E-state index >= 15 is 0 Å². The minimum absolute atomic E-state index is 0.173. The second kappa shape index (κ2) is 14.8. The van der Waals surface area contributed by atoms with Crippen molar-refractivity contribution in [2.75, 3.05) is 32.7 Å². The van der Waals surface area contributed by atoms with Crippen LogP contribution in [0.25, 0.3) is 0 Å². The molecule has 10 heteroatoms. The number of carbonyl (C=O) groups is 2. The summed E-state index contributed by atoms with van der Waals surface area (Å²) in [5, 5.41) is 18.3. The monoisotopic (exact) mass is 582 g/mol. The van der Waals surface area contributed by atoms with Gasteiger partial charge in [-0.05, 0) is 87.9 Å². The number of rotatable bonds is 8. The molecule has 2 aromatic rings. The summed E-state index contributed by atoms with van der Waals surface area (Å²) in [6.07, 6.45) is 4.49. The van der Waals surface area contributed by atoms with Crippen LogP contribution in [0.15, 0.2) is 36.4 Å². The fraction of sp³-hybridized carbons (Fsp3) is 0.517. The lowest BCUT2D eigenvalue weighted by Gasteiger charge is -2.39. The zero-order chi connectivity index (χ0) is 28.5. The molecule has 2 N–H and O–H groups in total. The molecule has 0 saturated carbocycles. The molecule has 4 rings (SSSR count). The van der Waals surface area contributed by atoms with Crippen LogP contribution in [0.2, 0.25) is 10.0 Å². The second-order valence-corrected chi connectivity index (χ2v) is 11.1. The predicted octanol–water partition coefficient (Wildman–Crippen LogP) is 5.78. The predicted molar refractivity (Wildman–Crippen MR) is 150 cm³/mol. The number of carboxylic acid groups (broad SMARTS) is 2.